The molecular weight excluding hydrogens is 299 g/mol. The van der Waals surface area contributed by atoms with Crippen LogP contribution in [-0.2, 0) is 9.53 Å². The van der Waals surface area contributed by atoms with Gasteiger partial charge in [-0.15, -0.1) is 0 Å². The quantitative estimate of drug-likeness (QED) is 0.634. The van der Waals surface area contributed by atoms with Gasteiger partial charge in [0.1, 0.15) is 11.0 Å². The van der Waals surface area contributed by atoms with Crippen LogP contribution in [0.5, 0.6) is 0 Å². The molecule has 1 aromatic rings. The van der Waals surface area contributed by atoms with Crippen molar-refractivity contribution >= 4 is 23.5 Å². The van der Waals surface area contributed by atoms with Crippen molar-refractivity contribution in [3.63, 3.8) is 0 Å². The van der Waals surface area contributed by atoms with Crippen LogP contribution in [-0.4, -0.2) is 41.5 Å². The second-order valence-corrected chi connectivity index (χ2v) is 5.19. The van der Waals surface area contributed by atoms with Crippen molar-refractivity contribution in [2.45, 2.75) is 19.8 Å². The molecule has 0 radical (unpaired) electrons. The van der Waals surface area contributed by atoms with Crippen molar-refractivity contribution < 1.29 is 18.7 Å². The van der Waals surface area contributed by atoms with Crippen molar-refractivity contribution in [3.8, 4) is 0 Å². The Morgan fingerprint density at radius 1 is 1.57 bits per heavy atom. The van der Waals surface area contributed by atoms with Crippen LogP contribution in [0.3, 0.4) is 0 Å². The molecule has 114 valence electrons. The second-order valence-electron chi connectivity index (χ2n) is 4.83. The fourth-order valence-electron chi connectivity index (χ4n) is 2.36. The Balaban J connectivity index is 2.12. The molecule has 0 aromatic carbocycles. The number of rotatable bonds is 3. The van der Waals surface area contributed by atoms with Gasteiger partial charge in [-0.1, -0.05) is 11.6 Å². The molecule has 5 nitrogen and oxygen atoms in total. The Hall–Kier alpha value is -1.69. The van der Waals surface area contributed by atoms with Crippen molar-refractivity contribution in [3.05, 3.63) is 28.8 Å². The zero-order valence-electron chi connectivity index (χ0n) is 11.6. The van der Waals surface area contributed by atoms with E-state index in [4.69, 9.17) is 16.3 Å². The van der Waals surface area contributed by atoms with Crippen LogP contribution in [0.1, 0.15) is 30.1 Å². The molecule has 2 rings (SSSR count). The second kappa shape index (κ2) is 6.85. The van der Waals surface area contributed by atoms with E-state index >= 15 is 0 Å². The molecule has 1 amide bonds. The van der Waals surface area contributed by atoms with Crippen LogP contribution >= 0.6 is 11.6 Å². The van der Waals surface area contributed by atoms with E-state index in [0.29, 0.717) is 26.0 Å². The number of halogens is 2. The van der Waals surface area contributed by atoms with Gasteiger partial charge in [-0.2, -0.15) is 0 Å². The van der Waals surface area contributed by atoms with Gasteiger partial charge >= 0.3 is 5.97 Å². The zero-order valence-corrected chi connectivity index (χ0v) is 12.4. The average Bonchev–Trinajstić information content (AvgIpc) is 2.49. The molecule has 1 aliphatic heterocycles. The third-order valence-corrected chi connectivity index (χ3v) is 3.67. The molecule has 21 heavy (non-hydrogen) atoms. The lowest BCUT2D eigenvalue weighted by Gasteiger charge is -2.31. The first-order valence-electron chi connectivity index (χ1n) is 6.80. The minimum atomic E-state index is -0.623. The first-order valence-corrected chi connectivity index (χ1v) is 7.17. The Morgan fingerprint density at radius 3 is 3.05 bits per heavy atom. The lowest BCUT2D eigenvalue weighted by atomic mass is 9.97. The number of carbonyl (C=O) groups is 2. The molecular formula is C14H16ClFN2O3. The highest BCUT2D eigenvalue weighted by Crippen LogP contribution is 2.22. The topological polar surface area (TPSA) is 59.5 Å². The molecule has 2 heterocycles. The van der Waals surface area contributed by atoms with Crippen LogP contribution in [0, 0.1) is 11.7 Å². The van der Waals surface area contributed by atoms with Crippen LogP contribution in [0.2, 0.25) is 5.15 Å². The molecule has 1 aromatic heterocycles. The summed E-state index contributed by atoms with van der Waals surface area (Å²) in [4.78, 5) is 29.3. The number of esters is 1. The lowest BCUT2D eigenvalue weighted by Crippen LogP contribution is -2.43. The molecule has 1 atom stereocenters. The van der Waals surface area contributed by atoms with E-state index in [1.807, 2.05) is 0 Å². The first-order chi connectivity index (χ1) is 10.0. The Kier molecular flexibility index (Phi) is 5.12. The summed E-state index contributed by atoms with van der Waals surface area (Å²) in [5.74, 6) is -1.69. The van der Waals surface area contributed by atoms with E-state index in [1.165, 1.54) is 4.90 Å². The molecule has 7 heteroatoms. The number of amides is 1. The number of aromatic nitrogens is 1. The van der Waals surface area contributed by atoms with Crippen LogP contribution in [0.4, 0.5) is 4.39 Å². The smallest absolute Gasteiger partial charge is 0.310 e. The van der Waals surface area contributed by atoms with Gasteiger partial charge in [0, 0.05) is 13.1 Å². The Bertz CT molecular complexity index is 553. The monoisotopic (exact) mass is 314 g/mol. The van der Waals surface area contributed by atoms with Crippen molar-refractivity contribution in [1.29, 1.82) is 0 Å². The predicted molar refractivity (Wildman–Crippen MR) is 74.5 cm³/mol. The maximum absolute atomic E-state index is 13.2. The Labute approximate surface area is 127 Å². The number of carbonyl (C=O) groups excluding carboxylic acids is 2. The van der Waals surface area contributed by atoms with Gasteiger partial charge in [0.05, 0.1) is 24.3 Å². The summed E-state index contributed by atoms with van der Waals surface area (Å²) in [7, 11) is 0. The van der Waals surface area contributed by atoms with Gasteiger partial charge in [-0.05, 0) is 25.8 Å². The number of nitrogens with zero attached hydrogens (tertiary/aromatic N) is 2. The summed E-state index contributed by atoms with van der Waals surface area (Å²) in [6.07, 6.45) is 2.32. The number of hydrogen-bond donors (Lipinski definition) is 0. The maximum Gasteiger partial charge on any atom is 0.310 e. The number of hydrogen-bond acceptors (Lipinski definition) is 4. The van der Waals surface area contributed by atoms with Crippen molar-refractivity contribution in [2.75, 3.05) is 19.7 Å². The fourth-order valence-corrected chi connectivity index (χ4v) is 2.54. The minimum absolute atomic E-state index is 0.0150. The molecule has 1 unspecified atom stereocenters. The average molecular weight is 315 g/mol. The van der Waals surface area contributed by atoms with Gasteiger partial charge in [-0.25, -0.2) is 9.37 Å². The van der Waals surface area contributed by atoms with Gasteiger partial charge in [0.2, 0.25) is 0 Å². The third kappa shape index (κ3) is 3.69. The molecule has 0 spiro atoms. The summed E-state index contributed by atoms with van der Waals surface area (Å²) in [5.41, 5.74) is 0.0150. The third-order valence-electron chi connectivity index (χ3n) is 3.36. The molecule has 1 saturated heterocycles. The van der Waals surface area contributed by atoms with Crippen LogP contribution in [0.15, 0.2) is 12.3 Å². The molecule has 0 bridgehead atoms. The summed E-state index contributed by atoms with van der Waals surface area (Å²) in [6, 6.07) is 1.06. The molecule has 0 N–H and O–H groups in total. The lowest BCUT2D eigenvalue weighted by molar-refractivity contribution is -0.149. The Morgan fingerprint density at radius 2 is 2.33 bits per heavy atom. The SMILES string of the molecule is CCOC(=O)C1CCCN(C(=O)c2cc(F)cnc2Cl)C1. The van der Waals surface area contributed by atoms with Gasteiger partial charge in [0.25, 0.3) is 5.91 Å². The number of ether oxygens (including phenoxy) is 1. The standard InChI is InChI=1S/C14H16ClFN2O3/c1-2-21-14(20)9-4-3-5-18(8-9)13(19)11-6-10(16)7-17-12(11)15/h6-7,9H,2-5,8H2,1H3. The largest absolute Gasteiger partial charge is 0.466 e. The molecule has 1 fully saturated rings. The van der Waals surface area contributed by atoms with Crippen molar-refractivity contribution in [2.24, 2.45) is 5.92 Å². The summed E-state index contributed by atoms with van der Waals surface area (Å²) >= 11 is 5.84. The normalized spacial score (nSPS) is 18.4. The summed E-state index contributed by atoms with van der Waals surface area (Å²) in [5, 5.41) is -0.0420. The van der Waals surface area contributed by atoms with E-state index in [0.717, 1.165) is 12.3 Å². The molecule has 1 aliphatic rings. The first kappa shape index (κ1) is 15.7. The highest BCUT2D eigenvalue weighted by Gasteiger charge is 2.30. The van der Waals surface area contributed by atoms with E-state index in [2.05, 4.69) is 4.98 Å². The fraction of sp³-hybridized carbons (Fsp3) is 0.500. The van der Waals surface area contributed by atoms with Gasteiger partial charge in [-0.3, -0.25) is 9.59 Å². The van der Waals surface area contributed by atoms with Crippen LogP contribution in [0.25, 0.3) is 0 Å². The number of likely N-dealkylation sites (tertiary alicyclic amines) is 1. The van der Waals surface area contributed by atoms with E-state index in [1.54, 1.807) is 6.92 Å². The molecule has 0 aliphatic carbocycles. The van der Waals surface area contributed by atoms with E-state index in [9.17, 15) is 14.0 Å². The summed E-state index contributed by atoms with van der Waals surface area (Å²) in [6.45, 7) is 2.80. The highest BCUT2D eigenvalue weighted by atomic mass is 35.5. The predicted octanol–water partition coefficient (Wildman–Crippen LogP) is 2.29. The minimum Gasteiger partial charge on any atom is -0.466 e. The van der Waals surface area contributed by atoms with E-state index in [-0.39, 0.29) is 29.1 Å². The van der Waals surface area contributed by atoms with E-state index < -0.39 is 11.7 Å². The maximum atomic E-state index is 13.2. The summed E-state index contributed by atoms with van der Waals surface area (Å²) < 4.78 is 18.2. The molecule has 0 saturated carbocycles. The highest BCUT2D eigenvalue weighted by molar-refractivity contribution is 6.32. The number of piperidine rings is 1. The van der Waals surface area contributed by atoms with Gasteiger partial charge < -0.3 is 9.64 Å². The van der Waals surface area contributed by atoms with Gasteiger partial charge in [0.15, 0.2) is 0 Å². The zero-order chi connectivity index (χ0) is 15.4. The van der Waals surface area contributed by atoms with Crippen molar-refractivity contribution in [1.82, 2.24) is 9.88 Å². The number of pyridine rings is 1. The van der Waals surface area contributed by atoms with Crippen LogP contribution < -0.4 is 0 Å².